The molecule has 3 heteroatoms. The van der Waals surface area contributed by atoms with E-state index in [-0.39, 0.29) is 24.8 Å². The molecule has 0 atom stereocenters. The molecule has 28 heavy (non-hydrogen) atoms. The van der Waals surface area contributed by atoms with Gasteiger partial charge in [0.25, 0.3) is 0 Å². The number of halogens is 2. The van der Waals surface area contributed by atoms with Crippen LogP contribution in [0.4, 0.5) is 0 Å². The van der Waals surface area contributed by atoms with Gasteiger partial charge in [-0.1, -0.05) is 47.5 Å². The first-order chi connectivity index (χ1) is 12.7. The first kappa shape index (κ1) is 24.8. The molecule has 142 valence electrons. The Morgan fingerprint density at radius 2 is 1.75 bits per heavy atom. The van der Waals surface area contributed by atoms with E-state index < -0.39 is 0 Å². The summed E-state index contributed by atoms with van der Waals surface area (Å²) in [6.45, 7) is 4.25. The summed E-state index contributed by atoms with van der Waals surface area (Å²) < 4.78 is 1.51. The largest absolute Gasteiger partial charge is 1.00 e. The number of rotatable bonds is 0. The molecule has 0 amide bonds. The second kappa shape index (κ2) is 12.3. The minimum absolute atomic E-state index is 0. The molecule has 0 nitrogen and oxygen atoms in total. The van der Waals surface area contributed by atoms with Gasteiger partial charge in [0.1, 0.15) is 0 Å². The SMILES string of the molecule is C[C](C)=[Zr+2].[C-]1=CC=C2C1=CCc1ccc3ccccc3c12.[C-]1=CC=CC1.[Cl-].[Cl-]. The quantitative estimate of drug-likeness (QED) is 0.467. The Kier molecular flexibility index (Phi) is 10.9. The Morgan fingerprint density at radius 1 is 1.00 bits per heavy atom. The predicted molar refractivity (Wildman–Crippen MR) is 109 cm³/mol. The summed E-state index contributed by atoms with van der Waals surface area (Å²) in [7, 11) is 0. The van der Waals surface area contributed by atoms with Crippen LogP contribution in [0, 0.1) is 12.2 Å². The van der Waals surface area contributed by atoms with Crippen molar-refractivity contribution < 1.29 is 49.0 Å². The number of hydrogen-bond acceptors (Lipinski definition) is 0. The van der Waals surface area contributed by atoms with Gasteiger partial charge < -0.3 is 24.8 Å². The van der Waals surface area contributed by atoms with Crippen LogP contribution in [0.25, 0.3) is 16.3 Å². The fraction of sp³-hybridized carbons (Fsp3) is 0.160. The van der Waals surface area contributed by atoms with Crippen molar-refractivity contribution >= 4 is 19.6 Å². The van der Waals surface area contributed by atoms with Crippen LogP contribution < -0.4 is 24.8 Å². The maximum atomic E-state index is 3.31. The predicted octanol–water partition coefficient (Wildman–Crippen LogP) is 0.138. The van der Waals surface area contributed by atoms with Gasteiger partial charge >= 0.3 is 41.3 Å². The molecule has 0 N–H and O–H groups in total. The summed E-state index contributed by atoms with van der Waals surface area (Å²) in [6, 6.07) is 13.1. The number of benzene rings is 2. The zero-order chi connectivity index (χ0) is 18.4. The molecule has 0 aliphatic heterocycles. The summed E-state index contributed by atoms with van der Waals surface area (Å²) in [6.07, 6.45) is 20.8. The maximum Gasteiger partial charge on any atom is -0.0186 e. The molecule has 0 heterocycles. The Hall–Kier alpha value is -1.27. The summed E-state index contributed by atoms with van der Waals surface area (Å²) in [5.74, 6) is 0. The minimum Gasteiger partial charge on any atom is -1.00 e. The summed E-state index contributed by atoms with van der Waals surface area (Å²) in [4.78, 5) is 0. The molecule has 2 aromatic rings. The van der Waals surface area contributed by atoms with Crippen LogP contribution in [0.15, 0.2) is 78.4 Å². The van der Waals surface area contributed by atoms with Crippen molar-refractivity contribution in [1.82, 2.24) is 0 Å². The normalized spacial score (nSPS) is 14.1. The molecule has 0 bridgehead atoms. The third-order valence-corrected chi connectivity index (χ3v) is 4.18. The van der Waals surface area contributed by atoms with Gasteiger partial charge in [-0.3, -0.25) is 6.08 Å². The van der Waals surface area contributed by atoms with Gasteiger partial charge in [0.2, 0.25) is 0 Å². The van der Waals surface area contributed by atoms with Gasteiger partial charge in [0, 0.05) is 0 Å². The van der Waals surface area contributed by atoms with Crippen LogP contribution in [0.3, 0.4) is 0 Å². The molecule has 0 unspecified atom stereocenters. The topological polar surface area (TPSA) is 0 Å². The molecule has 0 spiro atoms. The third kappa shape index (κ3) is 6.38. The van der Waals surface area contributed by atoms with Gasteiger partial charge in [-0.2, -0.15) is 29.9 Å². The van der Waals surface area contributed by atoms with Crippen molar-refractivity contribution in [3.05, 3.63) is 102 Å². The van der Waals surface area contributed by atoms with Crippen molar-refractivity contribution in [2.45, 2.75) is 26.7 Å². The van der Waals surface area contributed by atoms with Gasteiger partial charge in [0.05, 0.1) is 0 Å². The maximum absolute atomic E-state index is 3.31. The fourth-order valence-corrected chi connectivity index (χ4v) is 3.13. The van der Waals surface area contributed by atoms with Crippen LogP contribution in [0.5, 0.6) is 0 Å². The zero-order valence-corrected chi connectivity index (χ0v) is 20.1. The van der Waals surface area contributed by atoms with E-state index in [4.69, 9.17) is 0 Å². The molecular formula is C25H22Cl2Zr-2. The molecule has 0 aromatic heterocycles. The van der Waals surface area contributed by atoms with Crippen molar-refractivity contribution in [3.63, 3.8) is 0 Å². The average molecular weight is 485 g/mol. The Balaban J connectivity index is 0.000000302. The van der Waals surface area contributed by atoms with E-state index in [0.29, 0.717) is 0 Å². The summed E-state index contributed by atoms with van der Waals surface area (Å²) >= 11 is 1.55. The molecule has 5 rings (SSSR count). The second-order valence-corrected chi connectivity index (χ2v) is 9.00. The van der Waals surface area contributed by atoms with Crippen LogP contribution in [0.1, 0.15) is 31.4 Å². The van der Waals surface area contributed by atoms with Crippen LogP contribution >= 0.6 is 0 Å². The van der Waals surface area contributed by atoms with Gasteiger partial charge in [0.15, 0.2) is 0 Å². The molecule has 0 saturated heterocycles. The summed E-state index contributed by atoms with van der Waals surface area (Å²) in [5, 5.41) is 2.68. The van der Waals surface area contributed by atoms with E-state index in [0.717, 1.165) is 12.8 Å². The van der Waals surface area contributed by atoms with E-state index >= 15 is 0 Å². The average Bonchev–Trinajstić information content (AvgIpc) is 3.35. The van der Waals surface area contributed by atoms with Gasteiger partial charge in [-0.15, -0.1) is 18.1 Å². The van der Waals surface area contributed by atoms with Crippen LogP contribution in [-0.4, -0.2) is 3.21 Å². The van der Waals surface area contributed by atoms with Crippen LogP contribution in [0.2, 0.25) is 0 Å². The molecule has 3 aliphatic rings. The van der Waals surface area contributed by atoms with Gasteiger partial charge in [-0.25, -0.2) is 12.2 Å². The first-order valence-electron chi connectivity index (χ1n) is 8.92. The molecule has 2 aromatic carbocycles. The van der Waals surface area contributed by atoms with E-state index in [9.17, 15) is 0 Å². The Morgan fingerprint density at radius 3 is 2.39 bits per heavy atom. The molecule has 0 fully saturated rings. The van der Waals surface area contributed by atoms with Crippen molar-refractivity contribution in [3.8, 4) is 0 Å². The van der Waals surface area contributed by atoms with E-state index in [1.54, 1.807) is 24.2 Å². The molecule has 3 aliphatic carbocycles. The Bertz CT molecular complexity index is 961. The minimum atomic E-state index is 0. The monoisotopic (exact) mass is 482 g/mol. The fourth-order valence-electron chi connectivity index (χ4n) is 3.13. The van der Waals surface area contributed by atoms with E-state index in [1.807, 2.05) is 18.2 Å². The third-order valence-electron chi connectivity index (χ3n) is 4.18. The summed E-state index contributed by atoms with van der Waals surface area (Å²) in [5.41, 5.74) is 5.43. The molecular weight excluding hydrogens is 462 g/mol. The van der Waals surface area contributed by atoms with E-state index in [2.05, 4.69) is 80.6 Å². The number of hydrogen-bond donors (Lipinski definition) is 0. The second-order valence-electron chi connectivity index (χ2n) is 6.54. The van der Waals surface area contributed by atoms with Crippen molar-refractivity contribution in [2.24, 2.45) is 0 Å². The standard InChI is InChI=1S/C17H11.C5H5.C3H6.2ClH.Zr/c1-2-6-15-12(4-1)8-10-14-11-9-13-5-3-7-16(13)17(14)15;1-2-4-5-3-1;1-3-2;;;/h1-4,6-10H,11H2;1-3H,4H2;1-2H3;2*1H;/q2*-1;;;;+2/p-2. The molecule has 0 radical (unpaired) electrons. The van der Waals surface area contributed by atoms with Gasteiger partial charge in [-0.05, 0) is 17.2 Å². The first-order valence-corrected chi connectivity index (χ1v) is 10.1. The Labute approximate surface area is 196 Å². The zero-order valence-electron chi connectivity index (χ0n) is 16.1. The van der Waals surface area contributed by atoms with Crippen molar-refractivity contribution in [2.75, 3.05) is 0 Å². The number of allylic oxidation sites excluding steroid dienone is 10. The van der Waals surface area contributed by atoms with E-state index in [1.165, 1.54) is 36.3 Å². The van der Waals surface area contributed by atoms with Crippen molar-refractivity contribution in [1.29, 1.82) is 0 Å². The molecule has 0 saturated carbocycles. The smallest absolute Gasteiger partial charge is 0.0186 e. The van der Waals surface area contributed by atoms with Crippen LogP contribution in [-0.2, 0) is 30.7 Å². The number of fused-ring (bicyclic) bond motifs is 5.